The van der Waals surface area contributed by atoms with Crippen molar-refractivity contribution in [3.8, 4) is 5.75 Å². The van der Waals surface area contributed by atoms with Gasteiger partial charge in [-0.3, -0.25) is 9.59 Å². The van der Waals surface area contributed by atoms with Gasteiger partial charge in [0, 0.05) is 23.0 Å². The fraction of sp³-hybridized carbons (Fsp3) is 0.304. The van der Waals surface area contributed by atoms with Crippen LogP contribution in [0.25, 0.3) is 0 Å². The molecule has 8 heteroatoms. The number of methoxy groups -OCH3 is 1. The number of nitrogens with one attached hydrogen (secondary N) is 1. The van der Waals surface area contributed by atoms with E-state index in [-0.39, 0.29) is 24.1 Å². The number of rotatable bonds is 7. The topological polar surface area (TPSA) is 84.4 Å². The summed E-state index contributed by atoms with van der Waals surface area (Å²) in [4.78, 5) is 28.6. The molecule has 7 nitrogen and oxygen atoms in total. The number of nitrogens with zero attached hydrogens (tertiary/aromatic N) is 3. The van der Waals surface area contributed by atoms with Gasteiger partial charge in [0.1, 0.15) is 11.8 Å². The van der Waals surface area contributed by atoms with Crippen LogP contribution < -0.4 is 10.1 Å². The highest BCUT2D eigenvalue weighted by Crippen LogP contribution is 2.32. The Labute approximate surface area is 186 Å². The molecule has 0 unspecified atom stereocenters. The molecule has 1 atom stereocenters. The molecule has 0 fully saturated rings. The molecule has 3 rings (SSSR count). The van der Waals surface area contributed by atoms with Gasteiger partial charge in [0.15, 0.2) is 5.69 Å². The van der Waals surface area contributed by atoms with E-state index in [1.807, 2.05) is 63.2 Å². The molecule has 0 bridgehead atoms. The Morgan fingerprint density at radius 1 is 1.10 bits per heavy atom. The second kappa shape index (κ2) is 9.70. The third kappa shape index (κ3) is 5.67. The Kier molecular flexibility index (Phi) is 7.02. The minimum atomic E-state index is -0.926. The summed E-state index contributed by atoms with van der Waals surface area (Å²) >= 11 is 1.09. The number of hydrogen-bond donors (Lipinski definition) is 1. The standard InChI is InChI=1S/C23H26N4O3S/c1-23(2,3)24-21(28)20(17-12-8-9-13-19(17)30-4)27(14-16-10-6-5-7-11-16)22(29)18-15-31-26-25-18/h5-13,15,20H,14H2,1-4H3,(H,24,28)/t20-/m0/s1. The van der Waals surface area contributed by atoms with Gasteiger partial charge in [-0.05, 0) is 43.9 Å². The number of amides is 2. The summed E-state index contributed by atoms with van der Waals surface area (Å²) in [5.41, 5.74) is 1.20. The Balaban J connectivity index is 2.13. The van der Waals surface area contributed by atoms with Gasteiger partial charge < -0.3 is 15.0 Å². The normalized spacial score (nSPS) is 12.1. The minimum Gasteiger partial charge on any atom is -0.496 e. The molecule has 2 amide bonds. The number of para-hydroxylation sites is 1. The SMILES string of the molecule is COc1ccccc1[C@@H](C(=O)NC(C)(C)C)N(Cc1ccccc1)C(=O)c1csnn1. The quantitative estimate of drug-likeness (QED) is 0.606. The molecule has 0 saturated carbocycles. The van der Waals surface area contributed by atoms with Crippen molar-refractivity contribution < 1.29 is 14.3 Å². The smallest absolute Gasteiger partial charge is 0.276 e. The van der Waals surface area contributed by atoms with Crippen molar-refractivity contribution in [1.29, 1.82) is 0 Å². The molecule has 3 aromatic rings. The number of carbonyl (C=O) groups is 2. The van der Waals surface area contributed by atoms with E-state index in [1.165, 1.54) is 4.90 Å². The van der Waals surface area contributed by atoms with E-state index in [4.69, 9.17) is 4.74 Å². The first-order chi connectivity index (χ1) is 14.8. The van der Waals surface area contributed by atoms with Crippen LogP contribution in [0, 0.1) is 0 Å². The maximum Gasteiger partial charge on any atom is 0.276 e. The van der Waals surface area contributed by atoms with E-state index in [2.05, 4.69) is 14.9 Å². The van der Waals surface area contributed by atoms with Crippen LogP contribution >= 0.6 is 11.5 Å². The van der Waals surface area contributed by atoms with E-state index >= 15 is 0 Å². The Morgan fingerprint density at radius 3 is 2.39 bits per heavy atom. The zero-order chi connectivity index (χ0) is 22.4. The molecule has 0 aliphatic carbocycles. The molecule has 0 radical (unpaired) electrons. The fourth-order valence-electron chi connectivity index (χ4n) is 3.25. The third-order valence-corrected chi connectivity index (χ3v) is 5.03. The largest absolute Gasteiger partial charge is 0.496 e. The number of hydrogen-bond acceptors (Lipinski definition) is 6. The minimum absolute atomic E-state index is 0.199. The van der Waals surface area contributed by atoms with E-state index < -0.39 is 11.6 Å². The van der Waals surface area contributed by atoms with Crippen LogP contribution in [-0.4, -0.2) is 38.9 Å². The van der Waals surface area contributed by atoms with Crippen LogP contribution in [0.1, 0.15) is 48.4 Å². The van der Waals surface area contributed by atoms with Crippen molar-refractivity contribution in [2.24, 2.45) is 0 Å². The predicted molar refractivity (Wildman–Crippen MR) is 120 cm³/mol. The molecular formula is C23H26N4O3S. The molecule has 0 aliphatic heterocycles. The zero-order valence-corrected chi connectivity index (χ0v) is 18.8. The van der Waals surface area contributed by atoms with Crippen LogP contribution in [0.4, 0.5) is 0 Å². The molecular weight excluding hydrogens is 412 g/mol. The van der Waals surface area contributed by atoms with Crippen molar-refractivity contribution in [1.82, 2.24) is 19.8 Å². The monoisotopic (exact) mass is 438 g/mol. The summed E-state index contributed by atoms with van der Waals surface area (Å²) in [6, 6.07) is 15.8. The fourth-order valence-corrected chi connectivity index (χ4v) is 3.68. The van der Waals surface area contributed by atoms with Gasteiger partial charge in [-0.15, -0.1) is 5.10 Å². The second-order valence-electron chi connectivity index (χ2n) is 8.09. The average Bonchev–Trinajstić information content (AvgIpc) is 3.27. The van der Waals surface area contributed by atoms with Crippen molar-refractivity contribution in [3.05, 3.63) is 76.8 Å². The molecule has 0 aliphatic rings. The van der Waals surface area contributed by atoms with Crippen LogP contribution in [0.2, 0.25) is 0 Å². The predicted octanol–water partition coefficient (Wildman–Crippen LogP) is 3.85. The van der Waals surface area contributed by atoms with Crippen molar-refractivity contribution in [3.63, 3.8) is 0 Å². The van der Waals surface area contributed by atoms with Crippen LogP contribution in [-0.2, 0) is 11.3 Å². The number of carbonyl (C=O) groups excluding carboxylic acids is 2. The Bertz CT molecular complexity index is 1020. The summed E-state index contributed by atoms with van der Waals surface area (Å²) < 4.78 is 9.36. The second-order valence-corrected chi connectivity index (χ2v) is 8.70. The molecule has 2 aromatic carbocycles. The summed E-state index contributed by atoms with van der Waals surface area (Å²) in [6.07, 6.45) is 0. The zero-order valence-electron chi connectivity index (χ0n) is 18.0. The maximum atomic E-state index is 13.5. The number of ether oxygens (including phenoxy) is 1. The third-order valence-electron chi connectivity index (χ3n) is 4.53. The van der Waals surface area contributed by atoms with Gasteiger partial charge in [-0.2, -0.15) is 0 Å². The van der Waals surface area contributed by atoms with Gasteiger partial charge in [0.05, 0.1) is 7.11 Å². The number of benzene rings is 2. The first kappa shape index (κ1) is 22.4. The van der Waals surface area contributed by atoms with E-state index in [9.17, 15) is 9.59 Å². The van der Waals surface area contributed by atoms with E-state index in [0.29, 0.717) is 11.3 Å². The maximum absolute atomic E-state index is 13.5. The first-order valence-electron chi connectivity index (χ1n) is 9.87. The van der Waals surface area contributed by atoms with Crippen molar-refractivity contribution in [2.75, 3.05) is 7.11 Å². The van der Waals surface area contributed by atoms with Crippen LogP contribution in [0.15, 0.2) is 60.0 Å². The van der Waals surface area contributed by atoms with Gasteiger partial charge >= 0.3 is 0 Å². The highest BCUT2D eigenvalue weighted by Gasteiger charge is 2.36. The summed E-state index contributed by atoms with van der Waals surface area (Å²) in [5.74, 6) is -0.152. The van der Waals surface area contributed by atoms with E-state index in [1.54, 1.807) is 24.6 Å². The van der Waals surface area contributed by atoms with Crippen LogP contribution in [0.3, 0.4) is 0 Å². The lowest BCUT2D eigenvalue weighted by molar-refractivity contribution is -0.127. The lowest BCUT2D eigenvalue weighted by atomic mass is 9.99. The molecule has 0 saturated heterocycles. The van der Waals surface area contributed by atoms with Gasteiger partial charge in [0.2, 0.25) is 5.91 Å². The molecule has 1 aromatic heterocycles. The average molecular weight is 439 g/mol. The molecule has 1 N–H and O–H groups in total. The van der Waals surface area contributed by atoms with Crippen molar-refractivity contribution in [2.45, 2.75) is 38.9 Å². The van der Waals surface area contributed by atoms with Gasteiger partial charge in [-0.25, -0.2) is 0 Å². The summed E-state index contributed by atoms with van der Waals surface area (Å²) in [6.45, 7) is 5.92. The summed E-state index contributed by atoms with van der Waals surface area (Å²) in [7, 11) is 1.55. The molecule has 0 spiro atoms. The van der Waals surface area contributed by atoms with Crippen molar-refractivity contribution >= 4 is 23.3 Å². The number of aromatic nitrogens is 2. The van der Waals surface area contributed by atoms with E-state index in [0.717, 1.165) is 17.1 Å². The highest BCUT2D eigenvalue weighted by molar-refractivity contribution is 7.03. The Hall–Kier alpha value is -3.26. The van der Waals surface area contributed by atoms with Gasteiger partial charge in [-0.1, -0.05) is 53.0 Å². The van der Waals surface area contributed by atoms with Gasteiger partial charge in [0.25, 0.3) is 5.91 Å². The molecule has 1 heterocycles. The Morgan fingerprint density at radius 2 is 1.77 bits per heavy atom. The summed E-state index contributed by atoms with van der Waals surface area (Å²) in [5, 5.41) is 8.54. The first-order valence-corrected chi connectivity index (χ1v) is 10.7. The van der Waals surface area contributed by atoms with Crippen LogP contribution in [0.5, 0.6) is 5.75 Å². The lowest BCUT2D eigenvalue weighted by Gasteiger charge is -2.34. The highest BCUT2D eigenvalue weighted by atomic mass is 32.1. The lowest BCUT2D eigenvalue weighted by Crippen LogP contribution is -2.49. The molecule has 162 valence electrons. The molecule has 31 heavy (non-hydrogen) atoms.